The largest absolute Gasteiger partial charge is 0.416 e. The average molecular weight is 350 g/mol. The number of hydrogen-bond donors (Lipinski definition) is 0. The summed E-state index contributed by atoms with van der Waals surface area (Å²) in [5.74, 6) is 0.291. The third-order valence-electron chi connectivity index (χ3n) is 3.49. The molecule has 0 bridgehead atoms. The summed E-state index contributed by atoms with van der Waals surface area (Å²) in [6.07, 6.45) is -3.63. The Morgan fingerprint density at radius 3 is 2.60 bits per heavy atom. The van der Waals surface area contributed by atoms with Crippen LogP contribution in [0.15, 0.2) is 24.3 Å². The van der Waals surface area contributed by atoms with Crippen molar-refractivity contribution >= 4 is 21.8 Å². The molecule has 110 valence electrons. The van der Waals surface area contributed by atoms with Crippen molar-refractivity contribution in [2.24, 2.45) is 5.92 Å². The van der Waals surface area contributed by atoms with Crippen molar-refractivity contribution in [3.8, 4) is 0 Å². The summed E-state index contributed by atoms with van der Waals surface area (Å²) in [6, 6.07) is 5.54. The predicted molar refractivity (Wildman–Crippen MR) is 73.6 cm³/mol. The zero-order valence-corrected chi connectivity index (χ0v) is 12.4. The van der Waals surface area contributed by atoms with E-state index in [1.165, 1.54) is 12.1 Å². The average Bonchev–Trinajstić information content (AvgIpc) is 2.76. The molecule has 1 aliphatic rings. The van der Waals surface area contributed by atoms with Gasteiger partial charge in [0.1, 0.15) is 0 Å². The molecule has 0 aliphatic carbocycles. The van der Waals surface area contributed by atoms with Crippen LogP contribution in [0, 0.1) is 5.92 Å². The van der Waals surface area contributed by atoms with Gasteiger partial charge in [0.2, 0.25) is 5.91 Å². The van der Waals surface area contributed by atoms with Gasteiger partial charge < -0.3 is 4.90 Å². The minimum atomic E-state index is -4.34. The van der Waals surface area contributed by atoms with Gasteiger partial charge in [0.15, 0.2) is 0 Å². The van der Waals surface area contributed by atoms with Crippen LogP contribution in [0.5, 0.6) is 0 Å². The number of nitrogens with zero attached hydrogens (tertiary/aromatic N) is 1. The number of hydrogen-bond acceptors (Lipinski definition) is 1. The van der Waals surface area contributed by atoms with E-state index in [0.717, 1.165) is 11.4 Å². The number of carbonyl (C=O) groups is 1. The standard InChI is InChI=1S/C14H15BrF3NO/c15-8-10-7-13(20)19(9-10)6-5-11-3-1-2-4-12(11)14(16,17)18/h1-4,10H,5-9H2. The Labute approximate surface area is 124 Å². The lowest BCUT2D eigenvalue weighted by atomic mass is 10.0. The number of rotatable bonds is 4. The van der Waals surface area contributed by atoms with Crippen LogP contribution in [-0.4, -0.2) is 29.2 Å². The van der Waals surface area contributed by atoms with Crippen LogP contribution in [0.2, 0.25) is 0 Å². The smallest absolute Gasteiger partial charge is 0.342 e. The molecule has 2 nitrogen and oxygen atoms in total. The van der Waals surface area contributed by atoms with Gasteiger partial charge in [-0.25, -0.2) is 0 Å². The van der Waals surface area contributed by atoms with Crippen LogP contribution < -0.4 is 0 Å². The van der Waals surface area contributed by atoms with E-state index in [9.17, 15) is 18.0 Å². The first-order valence-electron chi connectivity index (χ1n) is 6.40. The molecule has 1 fully saturated rings. The first-order valence-corrected chi connectivity index (χ1v) is 7.53. The molecule has 0 spiro atoms. The number of carbonyl (C=O) groups excluding carboxylic acids is 1. The highest BCUT2D eigenvalue weighted by Gasteiger charge is 2.33. The third-order valence-corrected chi connectivity index (χ3v) is 4.40. The molecule has 0 N–H and O–H groups in total. The maximum absolute atomic E-state index is 12.9. The topological polar surface area (TPSA) is 20.3 Å². The lowest BCUT2D eigenvalue weighted by Gasteiger charge is -2.18. The Balaban J connectivity index is 2.03. The number of likely N-dealkylation sites (tertiary alicyclic amines) is 1. The van der Waals surface area contributed by atoms with Gasteiger partial charge >= 0.3 is 6.18 Å². The second-order valence-corrected chi connectivity index (χ2v) is 5.62. The maximum Gasteiger partial charge on any atom is 0.416 e. The van der Waals surface area contributed by atoms with E-state index in [4.69, 9.17) is 0 Å². The fourth-order valence-corrected chi connectivity index (χ4v) is 2.88. The Morgan fingerprint density at radius 2 is 2.00 bits per heavy atom. The van der Waals surface area contributed by atoms with E-state index in [1.807, 2.05) is 0 Å². The monoisotopic (exact) mass is 349 g/mol. The minimum Gasteiger partial charge on any atom is -0.342 e. The summed E-state index contributed by atoms with van der Waals surface area (Å²) in [5.41, 5.74) is -0.362. The molecule has 1 aromatic rings. The molecule has 20 heavy (non-hydrogen) atoms. The van der Waals surface area contributed by atoms with E-state index < -0.39 is 11.7 Å². The minimum absolute atomic E-state index is 0.0268. The molecule has 1 aliphatic heterocycles. The highest BCUT2D eigenvalue weighted by molar-refractivity contribution is 9.09. The number of benzene rings is 1. The quantitative estimate of drug-likeness (QED) is 0.762. The predicted octanol–water partition coefficient (Wildman–Crippen LogP) is 3.49. The van der Waals surface area contributed by atoms with Gasteiger partial charge in [-0.15, -0.1) is 0 Å². The molecule has 1 heterocycles. The van der Waals surface area contributed by atoms with Crippen molar-refractivity contribution < 1.29 is 18.0 Å². The van der Waals surface area contributed by atoms with Crippen LogP contribution in [0.1, 0.15) is 17.5 Å². The summed E-state index contributed by atoms with van der Waals surface area (Å²) in [7, 11) is 0. The molecule has 1 unspecified atom stereocenters. The third kappa shape index (κ3) is 3.53. The van der Waals surface area contributed by atoms with Gasteiger partial charge in [-0.3, -0.25) is 4.79 Å². The van der Waals surface area contributed by atoms with Gasteiger partial charge in [0.05, 0.1) is 5.56 Å². The SMILES string of the molecule is O=C1CC(CBr)CN1CCc1ccccc1C(F)(F)F. The molecule has 6 heteroatoms. The van der Waals surface area contributed by atoms with E-state index in [1.54, 1.807) is 11.0 Å². The molecule has 2 rings (SSSR count). The van der Waals surface area contributed by atoms with Gasteiger partial charge in [-0.1, -0.05) is 34.1 Å². The van der Waals surface area contributed by atoms with Gasteiger partial charge in [0, 0.05) is 24.8 Å². The molecule has 1 saturated heterocycles. The van der Waals surface area contributed by atoms with Crippen LogP contribution >= 0.6 is 15.9 Å². The number of amides is 1. The molecule has 1 aromatic carbocycles. The summed E-state index contributed by atoms with van der Waals surface area (Å²) in [6.45, 7) is 0.966. The Kier molecular flexibility index (Phi) is 4.73. The molecule has 0 saturated carbocycles. The molecular formula is C14H15BrF3NO. The second-order valence-electron chi connectivity index (χ2n) is 4.97. The second kappa shape index (κ2) is 6.16. The maximum atomic E-state index is 12.9. The first kappa shape index (κ1) is 15.4. The number of halogens is 4. The first-order chi connectivity index (χ1) is 9.41. The zero-order valence-electron chi connectivity index (χ0n) is 10.8. The molecule has 1 atom stereocenters. The lowest BCUT2D eigenvalue weighted by molar-refractivity contribution is -0.138. The van der Waals surface area contributed by atoms with E-state index in [-0.39, 0.29) is 23.8 Å². The fourth-order valence-electron chi connectivity index (χ4n) is 2.44. The van der Waals surface area contributed by atoms with Crippen molar-refractivity contribution in [3.63, 3.8) is 0 Å². The normalized spacial score (nSPS) is 19.7. The van der Waals surface area contributed by atoms with E-state index in [2.05, 4.69) is 15.9 Å². The molecular weight excluding hydrogens is 335 g/mol. The Hall–Kier alpha value is -1.04. The molecule has 0 radical (unpaired) electrons. The van der Waals surface area contributed by atoms with Crippen LogP contribution in [0.25, 0.3) is 0 Å². The molecule has 1 amide bonds. The van der Waals surface area contributed by atoms with Crippen LogP contribution in [0.3, 0.4) is 0 Å². The van der Waals surface area contributed by atoms with E-state index in [0.29, 0.717) is 19.5 Å². The summed E-state index contributed by atoms with van der Waals surface area (Å²) in [4.78, 5) is 13.4. The Morgan fingerprint density at radius 1 is 1.30 bits per heavy atom. The van der Waals surface area contributed by atoms with Crippen LogP contribution in [-0.2, 0) is 17.4 Å². The summed E-state index contributed by atoms with van der Waals surface area (Å²) < 4.78 is 38.6. The van der Waals surface area contributed by atoms with Crippen molar-refractivity contribution in [3.05, 3.63) is 35.4 Å². The Bertz CT molecular complexity index is 490. The van der Waals surface area contributed by atoms with Crippen molar-refractivity contribution in [1.29, 1.82) is 0 Å². The highest BCUT2D eigenvalue weighted by Crippen LogP contribution is 2.32. The summed E-state index contributed by atoms with van der Waals surface area (Å²) in [5, 5.41) is 0.744. The fraction of sp³-hybridized carbons (Fsp3) is 0.500. The number of alkyl halides is 4. The molecule has 0 aromatic heterocycles. The highest BCUT2D eigenvalue weighted by atomic mass is 79.9. The summed E-state index contributed by atoms with van der Waals surface area (Å²) >= 11 is 3.34. The van der Waals surface area contributed by atoms with Gasteiger partial charge in [-0.2, -0.15) is 13.2 Å². The van der Waals surface area contributed by atoms with Crippen molar-refractivity contribution in [1.82, 2.24) is 4.90 Å². The van der Waals surface area contributed by atoms with Gasteiger partial charge in [-0.05, 0) is 24.0 Å². The van der Waals surface area contributed by atoms with E-state index >= 15 is 0 Å². The van der Waals surface area contributed by atoms with Crippen LogP contribution in [0.4, 0.5) is 13.2 Å². The van der Waals surface area contributed by atoms with Crippen molar-refractivity contribution in [2.45, 2.75) is 19.0 Å². The van der Waals surface area contributed by atoms with Gasteiger partial charge in [0.25, 0.3) is 0 Å². The lowest BCUT2D eigenvalue weighted by Crippen LogP contribution is -2.28. The van der Waals surface area contributed by atoms with Crippen molar-refractivity contribution in [2.75, 3.05) is 18.4 Å². The zero-order chi connectivity index (χ0) is 14.8.